The Morgan fingerprint density at radius 1 is 1.00 bits per heavy atom. The third-order valence-corrected chi connectivity index (χ3v) is 12.2. The summed E-state index contributed by atoms with van der Waals surface area (Å²) in [7, 11) is -1.42. The van der Waals surface area contributed by atoms with Gasteiger partial charge in [-0.3, -0.25) is 0 Å². The summed E-state index contributed by atoms with van der Waals surface area (Å²) in [5.74, 6) is -0.855. The first-order valence-corrected chi connectivity index (χ1v) is 14.4. The summed E-state index contributed by atoms with van der Waals surface area (Å²) in [6.07, 6.45) is -3.67. The average Bonchev–Trinajstić information content (AvgIpc) is 3.27. The quantitative estimate of drug-likeness (QED) is 0.376. The van der Waals surface area contributed by atoms with Crippen LogP contribution in [0.25, 0.3) is 0 Å². The van der Waals surface area contributed by atoms with Crippen molar-refractivity contribution in [1.29, 1.82) is 0 Å². The molecule has 196 valence electrons. The fourth-order valence-corrected chi connectivity index (χ4v) is 10.3. The Kier molecular flexibility index (Phi) is 7.38. The van der Waals surface area contributed by atoms with Gasteiger partial charge in [-0.25, -0.2) is 4.39 Å². The first-order valence-electron chi connectivity index (χ1n) is 12.5. The molecular formula is C29H39FO5Si. The van der Waals surface area contributed by atoms with E-state index in [9.17, 15) is 0 Å². The van der Waals surface area contributed by atoms with Crippen molar-refractivity contribution in [3.63, 3.8) is 0 Å². The van der Waals surface area contributed by atoms with Crippen molar-refractivity contribution in [2.75, 3.05) is 13.7 Å². The molecule has 0 spiro atoms. The lowest BCUT2D eigenvalue weighted by atomic mass is 9.87. The minimum atomic E-state index is -2.96. The Bertz CT molecular complexity index is 1010. The van der Waals surface area contributed by atoms with Crippen LogP contribution in [-0.4, -0.2) is 58.1 Å². The molecule has 0 N–H and O–H groups in total. The normalized spacial score (nSPS) is 28.6. The standard InChI is InChI=1S/C29H39FO5Si/c1-20(2)24(30)29(25(31-8)23-26(35-29)34-28(6,7)33-23)19-32-36(27(3,4)5,21-15-11-9-12-16-21)22-17-13-10-14-18-22/h9-18,23-26H,1,19H2,2-8H3/t23-,24?,25+,26+,29+/m1/s1. The van der Waals surface area contributed by atoms with Crippen LogP contribution in [0.3, 0.4) is 0 Å². The Hall–Kier alpha value is -1.87. The molecule has 0 radical (unpaired) electrons. The summed E-state index contributed by atoms with van der Waals surface area (Å²) in [5.41, 5.74) is -1.15. The van der Waals surface area contributed by atoms with Gasteiger partial charge >= 0.3 is 0 Å². The van der Waals surface area contributed by atoms with Crippen molar-refractivity contribution >= 4 is 18.7 Å². The fraction of sp³-hybridized carbons (Fsp3) is 0.517. The van der Waals surface area contributed by atoms with Gasteiger partial charge in [0.15, 0.2) is 23.8 Å². The highest BCUT2D eigenvalue weighted by molar-refractivity contribution is 6.99. The van der Waals surface area contributed by atoms with Gasteiger partial charge in [0.25, 0.3) is 8.32 Å². The lowest BCUT2D eigenvalue weighted by Gasteiger charge is -2.46. The molecule has 5 atom stereocenters. The summed E-state index contributed by atoms with van der Waals surface area (Å²) >= 11 is 0. The predicted octanol–water partition coefficient (Wildman–Crippen LogP) is 4.74. The highest BCUT2D eigenvalue weighted by atomic mass is 28.4. The Labute approximate surface area is 215 Å². The van der Waals surface area contributed by atoms with Gasteiger partial charge in [-0.2, -0.15) is 0 Å². The van der Waals surface area contributed by atoms with Crippen molar-refractivity contribution in [3.8, 4) is 0 Å². The van der Waals surface area contributed by atoms with Crippen molar-refractivity contribution in [1.82, 2.24) is 0 Å². The second-order valence-electron chi connectivity index (χ2n) is 11.4. The maximum atomic E-state index is 16.2. The third kappa shape index (κ3) is 4.50. The lowest BCUT2D eigenvalue weighted by Crippen LogP contribution is -2.69. The minimum Gasteiger partial charge on any atom is -0.404 e. The molecule has 2 aliphatic rings. The molecule has 2 heterocycles. The maximum absolute atomic E-state index is 16.2. The van der Waals surface area contributed by atoms with Gasteiger partial charge in [0.05, 0.1) is 6.61 Å². The van der Waals surface area contributed by atoms with Gasteiger partial charge in [-0.1, -0.05) is 88.0 Å². The molecule has 36 heavy (non-hydrogen) atoms. The maximum Gasteiger partial charge on any atom is 0.261 e. The van der Waals surface area contributed by atoms with E-state index < -0.39 is 44.4 Å². The van der Waals surface area contributed by atoms with Gasteiger partial charge in [-0.15, -0.1) is 0 Å². The molecule has 5 nitrogen and oxygen atoms in total. The molecule has 2 saturated heterocycles. The molecule has 0 saturated carbocycles. The number of hydrogen-bond acceptors (Lipinski definition) is 5. The van der Waals surface area contributed by atoms with Crippen LogP contribution in [0.15, 0.2) is 72.8 Å². The zero-order chi connectivity index (χ0) is 26.4. The van der Waals surface area contributed by atoms with Crippen molar-refractivity contribution in [3.05, 3.63) is 72.8 Å². The van der Waals surface area contributed by atoms with E-state index in [1.54, 1.807) is 14.0 Å². The van der Waals surface area contributed by atoms with E-state index in [0.717, 1.165) is 10.4 Å². The Balaban J connectivity index is 1.83. The van der Waals surface area contributed by atoms with Gasteiger partial charge in [0, 0.05) is 7.11 Å². The number of methoxy groups -OCH3 is 1. The summed E-state index contributed by atoms with van der Waals surface area (Å²) in [6.45, 7) is 15.7. The molecule has 2 aromatic rings. The number of benzene rings is 2. The summed E-state index contributed by atoms with van der Waals surface area (Å²) in [6, 6.07) is 20.5. The number of ether oxygens (including phenoxy) is 4. The highest BCUT2D eigenvalue weighted by Crippen LogP contribution is 2.48. The van der Waals surface area contributed by atoms with Gasteiger partial charge in [0.2, 0.25) is 0 Å². The van der Waals surface area contributed by atoms with Crippen LogP contribution in [0.1, 0.15) is 41.5 Å². The molecule has 0 amide bonds. The van der Waals surface area contributed by atoms with E-state index in [2.05, 4.69) is 51.6 Å². The first kappa shape index (κ1) is 27.2. The average molecular weight is 515 g/mol. The SMILES string of the molecule is C=C(C)C(F)[C@]1(CO[Si](c2ccccc2)(c2ccccc2)C(C)(C)C)O[C@@H]2OC(C)(C)O[C@@H]2[C@@H]1OC. The van der Waals surface area contributed by atoms with Crippen LogP contribution < -0.4 is 10.4 Å². The number of halogens is 1. The largest absolute Gasteiger partial charge is 0.404 e. The number of rotatable bonds is 8. The number of hydrogen-bond donors (Lipinski definition) is 0. The lowest BCUT2D eigenvalue weighted by molar-refractivity contribution is -0.257. The molecular weight excluding hydrogens is 475 g/mol. The molecule has 4 rings (SSSR count). The topological polar surface area (TPSA) is 46.2 Å². The van der Waals surface area contributed by atoms with E-state index in [0.29, 0.717) is 5.57 Å². The molecule has 2 aromatic carbocycles. The van der Waals surface area contributed by atoms with Crippen LogP contribution in [0.5, 0.6) is 0 Å². The van der Waals surface area contributed by atoms with Gasteiger partial charge in [0.1, 0.15) is 12.2 Å². The fourth-order valence-electron chi connectivity index (χ4n) is 5.74. The smallest absolute Gasteiger partial charge is 0.261 e. The van der Waals surface area contributed by atoms with Crippen LogP contribution in [-0.2, 0) is 23.4 Å². The first-order chi connectivity index (χ1) is 16.9. The van der Waals surface area contributed by atoms with E-state index in [1.165, 1.54) is 0 Å². The second kappa shape index (κ2) is 9.78. The highest BCUT2D eigenvalue weighted by Gasteiger charge is 2.66. The molecule has 2 aliphatic heterocycles. The third-order valence-electron chi connectivity index (χ3n) is 7.25. The monoisotopic (exact) mass is 514 g/mol. The summed E-state index contributed by atoms with van der Waals surface area (Å²) < 4.78 is 47.7. The zero-order valence-electron chi connectivity index (χ0n) is 22.4. The van der Waals surface area contributed by atoms with E-state index >= 15 is 4.39 Å². The number of alkyl halides is 1. The molecule has 0 aromatic heterocycles. The van der Waals surface area contributed by atoms with E-state index in [4.69, 9.17) is 23.4 Å². The van der Waals surface area contributed by atoms with Crippen LogP contribution in [0.4, 0.5) is 4.39 Å². The van der Waals surface area contributed by atoms with Crippen LogP contribution in [0.2, 0.25) is 5.04 Å². The molecule has 2 fully saturated rings. The predicted molar refractivity (Wildman–Crippen MR) is 142 cm³/mol. The van der Waals surface area contributed by atoms with E-state index in [-0.39, 0.29) is 11.6 Å². The molecule has 7 heteroatoms. The van der Waals surface area contributed by atoms with Crippen molar-refractivity contribution in [2.45, 2.75) is 82.6 Å². The summed E-state index contributed by atoms with van der Waals surface area (Å²) in [5, 5.41) is 1.92. The van der Waals surface area contributed by atoms with Crippen LogP contribution >= 0.6 is 0 Å². The van der Waals surface area contributed by atoms with E-state index in [1.807, 2.05) is 50.2 Å². The molecule has 0 bridgehead atoms. The van der Waals surface area contributed by atoms with Crippen LogP contribution in [0, 0.1) is 0 Å². The molecule has 1 unspecified atom stereocenters. The second-order valence-corrected chi connectivity index (χ2v) is 15.7. The molecule has 0 aliphatic carbocycles. The zero-order valence-corrected chi connectivity index (χ0v) is 23.4. The Morgan fingerprint density at radius 3 is 1.97 bits per heavy atom. The Morgan fingerprint density at radius 2 is 1.53 bits per heavy atom. The van der Waals surface area contributed by atoms with Gasteiger partial charge < -0.3 is 23.4 Å². The minimum absolute atomic E-state index is 0.0486. The van der Waals surface area contributed by atoms with Crippen molar-refractivity contribution < 1.29 is 27.8 Å². The number of fused-ring (bicyclic) bond motifs is 1. The van der Waals surface area contributed by atoms with Gasteiger partial charge in [-0.05, 0) is 41.8 Å². The van der Waals surface area contributed by atoms with Crippen molar-refractivity contribution in [2.24, 2.45) is 0 Å². The summed E-state index contributed by atoms with van der Waals surface area (Å²) in [4.78, 5) is 0.